The summed E-state index contributed by atoms with van der Waals surface area (Å²) in [6, 6.07) is 0. The number of amides is 2. The maximum absolute atomic E-state index is 11.5. The number of carbonyl (C=O) groups is 2. The summed E-state index contributed by atoms with van der Waals surface area (Å²) in [7, 11) is 0. The molecule has 0 radical (unpaired) electrons. The van der Waals surface area contributed by atoms with E-state index < -0.39 is 5.91 Å². The first-order chi connectivity index (χ1) is 7.99. The van der Waals surface area contributed by atoms with Gasteiger partial charge in [-0.15, -0.1) is 11.3 Å². The predicted molar refractivity (Wildman–Crippen MR) is 66.7 cm³/mol. The molecule has 2 amide bonds. The van der Waals surface area contributed by atoms with Crippen LogP contribution >= 0.6 is 11.3 Å². The molecule has 6 nitrogen and oxygen atoms in total. The molecule has 0 unspecified atom stereocenters. The minimum Gasteiger partial charge on any atom is -0.375 e. The van der Waals surface area contributed by atoms with Gasteiger partial charge in [-0.25, -0.2) is 4.98 Å². The molecule has 0 saturated carbocycles. The van der Waals surface area contributed by atoms with Gasteiger partial charge in [0.15, 0.2) is 5.13 Å². The second-order valence-electron chi connectivity index (χ2n) is 3.95. The van der Waals surface area contributed by atoms with Crippen LogP contribution in [0.1, 0.15) is 24.3 Å². The summed E-state index contributed by atoms with van der Waals surface area (Å²) in [5.41, 5.74) is 5.64. The second kappa shape index (κ2) is 6.19. The van der Waals surface area contributed by atoms with E-state index in [-0.39, 0.29) is 18.1 Å². The molecule has 7 heteroatoms. The zero-order chi connectivity index (χ0) is 12.8. The van der Waals surface area contributed by atoms with E-state index in [2.05, 4.69) is 15.6 Å². The number of aromatic nitrogens is 1. The molecule has 1 aromatic heterocycles. The van der Waals surface area contributed by atoms with Crippen LogP contribution in [0.5, 0.6) is 0 Å². The Morgan fingerprint density at radius 1 is 1.47 bits per heavy atom. The summed E-state index contributed by atoms with van der Waals surface area (Å²) >= 11 is 1.19. The van der Waals surface area contributed by atoms with Crippen molar-refractivity contribution in [1.29, 1.82) is 0 Å². The average molecular weight is 256 g/mol. The van der Waals surface area contributed by atoms with Crippen molar-refractivity contribution in [3.63, 3.8) is 0 Å². The van der Waals surface area contributed by atoms with Crippen molar-refractivity contribution in [2.45, 2.75) is 13.8 Å². The molecule has 0 aliphatic rings. The molecule has 0 aliphatic carbocycles. The van der Waals surface area contributed by atoms with E-state index >= 15 is 0 Å². The highest BCUT2D eigenvalue weighted by atomic mass is 32.1. The zero-order valence-electron chi connectivity index (χ0n) is 9.82. The summed E-state index contributed by atoms with van der Waals surface area (Å²) in [4.78, 5) is 26.6. The third-order valence-corrected chi connectivity index (χ3v) is 2.55. The Labute approximate surface area is 104 Å². The third kappa shape index (κ3) is 4.81. The molecule has 1 rings (SSSR count). The van der Waals surface area contributed by atoms with Crippen LogP contribution in [0.3, 0.4) is 0 Å². The SMILES string of the molecule is CC(C)CNC(=O)CNC(=O)c1csc(N)n1. The molecule has 94 valence electrons. The number of carbonyl (C=O) groups excluding carboxylic acids is 2. The van der Waals surface area contributed by atoms with Gasteiger partial charge in [-0.2, -0.15) is 0 Å². The van der Waals surface area contributed by atoms with Gasteiger partial charge >= 0.3 is 0 Å². The number of hydrogen-bond acceptors (Lipinski definition) is 5. The molecule has 0 aromatic carbocycles. The van der Waals surface area contributed by atoms with Gasteiger partial charge in [0.1, 0.15) is 5.69 Å². The van der Waals surface area contributed by atoms with Crippen molar-refractivity contribution in [3.8, 4) is 0 Å². The lowest BCUT2D eigenvalue weighted by molar-refractivity contribution is -0.120. The van der Waals surface area contributed by atoms with Crippen molar-refractivity contribution >= 4 is 28.3 Å². The van der Waals surface area contributed by atoms with Gasteiger partial charge in [0, 0.05) is 11.9 Å². The van der Waals surface area contributed by atoms with E-state index in [0.29, 0.717) is 17.6 Å². The fourth-order valence-corrected chi connectivity index (χ4v) is 1.57. The molecule has 0 bridgehead atoms. The highest BCUT2D eigenvalue weighted by molar-refractivity contribution is 7.13. The summed E-state index contributed by atoms with van der Waals surface area (Å²) in [6.45, 7) is 4.54. The van der Waals surface area contributed by atoms with Crippen molar-refractivity contribution in [1.82, 2.24) is 15.6 Å². The molecule has 0 aliphatic heterocycles. The van der Waals surface area contributed by atoms with Crippen molar-refractivity contribution in [3.05, 3.63) is 11.1 Å². The van der Waals surface area contributed by atoms with Crippen LogP contribution in [0.4, 0.5) is 5.13 Å². The fourth-order valence-electron chi connectivity index (χ4n) is 1.02. The van der Waals surface area contributed by atoms with Crippen LogP contribution in [-0.2, 0) is 4.79 Å². The summed E-state index contributed by atoms with van der Waals surface area (Å²) < 4.78 is 0. The summed E-state index contributed by atoms with van der Waals surface area (Å²) in [6.07, 6.45) is 0. The second-order valence-corrected chi connectivity index (χ2v) is 4.84. The van der Waals surface area contributed by atoms with Gasteiger partial charge in [0.2, 0.25) is 5.91 Å². The molecule has 4 N–H and O–H groups in total. The topological polar surface area (TPSA) is 97.1 Å². The number of anilines is 1. The Morgan fingerprint density at radius 3 is 2.71 bits per heavy atom. The molecule has 17 heavy (non-hydrogen) atoms. The van der Waals surface area contributed by atoms with Gasteiger partial charge < -0.3 is 16.4 Å². The minimum absolute atomic E-state index is 0.0526. The van der Waals surface area contributed by atoms with Gasteiger partial charge in [-0.3, -0.25) is 9.59 Å². The molecule has 0 fully saturated rings. The third-order valence-electron chi connectivity index (χ3n) is 1.87. The Morgan fingerprint density at radius 2 is 2.18 bits per heavy atom. The Bertz CT molecular complexity index is 403. The van der Waals surface area contributed by atoms with Crippen molar-refractivity contribution in [2.24, 2.45) is 5.92 Å². The van der Waals surface area contributed by atoms with Crippen LogP contribution in [0.25, 0.3) is 0 Å². The molecule has 1 heterocycles. The quantitative estimate of drug-likeness (QED) is 0.702. The first-order valence-corrected chi connectivity index (χ1v) is 6.13. The highest BCUT2D eigenvalue weighted by Crippen LogP contribution is 2.10. The fraction of sp³-hybridized carbons (Fsp3) is 0.500. The van der Waals surface area contributed by atoms with Gasteiger partial charge in [-0.05, 0) is 5.92 Å². The predicted octanol–water partition coefficient (Wildman–Crippen LogP) is 0.227. The number of rotatable bonds is 5. The largest absolute Gasteiger partial charge is 0.375 e. The molecule has 0 atom stereocenters. The molecule has 0 spiro atoms. The first kappa shape index (κ1) is 13.4. The van der Waals surface area contributed by atoms with Crippen LogP contribution in [0, 0.1) is 5.92 Å². The number of hydrogen-bond donors (Lipinski definition) is 3. The highest BCUT2D eigenvalue weighted by Gasteiger charge is 2.10. The minimum atomic E-state index is -0.391. The number of nitrogens with one attached hydrogen (secondary N) is 2. The van der Waals surface area contributed by atoms with Crippen molar-refractivity contribution in [2.75, 3.05) is 18.8 Å². The number of nitrogens with two attached hydrogens (primary N) is 1. The molecular weight excluding hydrogens is 240 g/mol. The van der Waals surface area contributed by atoms with Gasteiger partial charge in [-0.1, -0.05) is 13.8 Å². The summed E-state index contributed by atoms with van der Waals surface area (Å²) in [5.74, 6) is -0.221. The van der Waals surface area contributed by atoms with E-state index in [0.717, 1.165) is 0 Å². The van der Waals surface area contributed by atoms with Crippen LogP contribution in [0.15, 0.2) is 5.38 Å². The van der Waals surface area contributed by atoms with Crippen LogP contribution in [0.2, 0.25) is 0 Å². The maximum atomic E-state index is 11.5. The lowest BCUT2D eigenvalue weighted by atomic mass is 10.2. The Kier molecular flexibility index (Phi) is 4.89. The standard InChI is InChI=1S/C10H16N4O2S/c1-6(2)3-12-8(15)4-13-9(16)7-5-17-10(11)14-7/h5-6H,3-4H2,1-2H3,(H2,11,14)(H,12,15)(H,13,16). The number of nitrogen functional groups attached to an aromatic ring is 1. The van der Waals surface area contributed by atoms with E-state index in [1.54, 1.807) is 5.38 Å². The first-order valence-electron chi connectivity index (χ1n) is 5.25. The molecular formula is C10H16N4O2S. The number of nitrogens with zero attached hydrogens (tertiary/aromatic N) is 1. The van der Waals surface area contributed by atoms with Gasteiger partial charge in [0.05, 0.1) is 6.54 Å². The van der Waals surface area contributed by atoms with E-state index in [4.69, 9.17) is 5.73 Å². The molecule has 1 aromatic rings. The maximum Gasteiger partial charge on any atom is 0.271 e. The lowest BCUT2D eigenvalue weighted by Gasteiger charge is -2.07. The lowest BCUT2D eigenvalue weighted by Crippen LogP contribution is -2.38. The monoisotopic (exact) mass is 256 g/mol. The Balaban J connectivity index is 2.31. The van der Waals surface area contributed by atoms with Crippen LogP contribution < -0.4 is 16.4 Å². The average Bonchev–Trinajstić information content (AvgIpc) is 2.70. The van der Waals surface area contributed by atoms with E-state index in [1.807, 2.05) is 13.8 Å². The zero-order valence-corrected chi connectivity index (χ0v) is 10.6. The number of thiazole rings is 1. The van der Waals surface area contributed by atoms with Crippen LogP contribution in [-0.4, -0.2) is 29.9 Å². The van der Waals surface area contributed by atoms with E-state index in [1.165, 1.54) is 11.3 Å². The Hall–Kier alpha value is -1.63. The molecule has 0 saturated heterocycles. The smallest absolute Gasteiger partial charge is 0.271 e. The van der Waals surface area contributed by atoms with Gasteiger partial charge in [0.25, 0.3) is 5.91 Å². The van der Waals surface area contributed by atoms with E-state index in [9.17, 15) is 9.59 Å². The summed E-state index contributed by atoms with van der Waals surface area (Å²) in [5, 5.41) is 7.06. The normalized spacial score (nSPS) is 10.3. The van der Waals surface area contributed by atoms with Crippen molar-refractivity contribution < 1.29 is 9.59 Å².